The molecule has 2 rings (SSSR count). The van der Waals surface area contributed by atoms with Crippen LogP contribution < -0.4 is 15.4 Å². The first-order valence-corrected chi connectivity index (χ1v) is 10.5. The van der Waals surface area contributed by atoms with E-state index in [1.807, 2.05) is 0 Å². The van der Waals surface area contributed by atoms with Crippen LogP contribution in [0.5, 0.6) is 5.75 Å². The maximum Gasteiger partial charge on any atom is 0.287 e. The topological polar surface area (TPSA) is 118 Å². The average Bonchev–Trinajstić information content (AvgIpc) is 3.23. The number of benzene rings is 1. The summed E-state index contributed by atoms with van der Waals surface area (Å²) >= 11 is 0. The average molecular weight is 423 g/mol. The second kappa shape index (κ2) is 9.57. The summed E-state index contributed by atoms with van der Waals surface area (Å²) in [6, 6.07) is 6.37. The molecule has 29 heavy (non-hydrogen) atoms. The van der Waals surface area contributed by atoms with Gasteiger partial charge in [0.15, 0.2) is 5.76 Å². The molecule has 2 N–H and O–H groups in total. The molecule has 1 aromatic heterocycles. The van der Waals surface area contributed by atoms with Gasteiger partial charge in [0.05, 0.1) is 24.0 Å². The fraction of sp³-hybridized carbons (Fsp3) is 0.368. The fourth-order valence-electron chi connectivity index (χ4n) is 2.64. The summed E-state index contributed by atoms with van der Waals surface area (Å²) in [5, 5.41) is 5.12. The van der Waals surface area contributed by atoms with Crippen LogP contribution in [-0.4, -0.2) is 50.8 Å². The van der Waals surface area contributed by atoms with Crippen molar-refractivity contribution in [3.8, 4) is 5.75 Å². The van der Waals surface area contributed by atoms with Crippen LogP contribution in [0, 0.1) is 0 Å². The summed E-state index contributed by atoms with van der Waals surface area (Å²) in [5.41, 5.74) is 0.185. The molecule has 9 nitrogen and oxygen atoms in total. The standard InChI is InChI=1S/C19H25N3O6S/c1-5-22(6-2)29(25,26)14-9-10-16(27-4)15(12-14)21-18(23)13(3)20-19(24)17-8-7-11-28-17/h7-13H,5-6H2,1-4H3,(H,20,24)(H,21,23). The van der Waals surface area contributed by atoms with Crippen molar-refractivity contribution in [1.29, 1.82) is 0 Å². The highest BCUT2D eigenvalue weighted by molar-refractivity contribution is 7.89. The number of methoxy groups -OCH3 is 1. The molecule has 0 aliphatic rings. The predicted octanol–water partition coefficient (Wildman–Crippen LogP) is 2.08. The van der Waals surface area contributed by atoms with Crippen LogP contribution in [0.25, 0.3) is 0 Å². The number of nitrogens with one attached hydrogen (secondary N) is 2. The van der Waals surface area contributed by atoms with Gasteiger partial charge in [-0.3, -0.25) is 9.59 Å². The summed E-state index contributed by atoms with van der Waals surface area (Å²) < 4.78 is 37.0. The molecular formula is C19H25N3O6S. The maximum absolute atomic E-state index is 12.7. The van der Waals surface area contributed by atoms with Gasteiger partial charge in [-0.2, -0.15) is 4.31 Å². The third-order valence-electron chi connectivity index (χ3n) is 4.26. The molecule has 1 unspecified atom stereocenters. The van der Waals surface area contributed by atoms with Gasteiger partial charge in [0, 0.05) is 13.1 Å². The lowest BCUT2D eigenvalue weighted by Gasteiger charge is -2.20. The zero-order chi connectivity index (χ0) is 21.6. The third-order valence-corrected chi connectivity index (χ3v) is 6.30. The lowest BCUT2D eigenvalue weighted by atomic mass is 10.2. The Bertz CT molecular complexity index is 952. The number of ether oxygens (including phenoxy) is 1. The van der Waals surface area contributed by atoms with Crippen molar-refractivity contribution in [3.63, 3.8) is 0 Å². The second-order valence-electron chi connectivity index (χ2n) is 6.11. The normalized spacial score (nSPS) is 12.4. The van der Waals surface area contributed by atoms with Crippen molar-refractivity contribution >= 4 is 27.5 Å². The highest BCUT2D eigenvalue weighted by Gasteiger charge is 2.24. The van der Waals surface area contributed by atoms with Crippen LogP contribution >= 0.6 is 0 Å². The minimum atomic E-state index is -3.71. The van der Waals surface area contributed by atoms with Crippen LogP contribution in [0.1, 0.15) is 31.3 Å². The van der Waals surface area contributed by atoms with E-state index in [1.165, 1.54) is 48.9 Å². The number of hydrogen-bond donors (Lipinski definition) is 2. The smallest absolute Gasteiger partial charge is 0.287 e. The van der Waals surface area contributed by atoms with E-state index in [0.717, 1.165) is 0 Å². The minimum absolute atomic E-state index is 0.0320. The Balaban J connectivity index is 2.22. The van der Waals surface area contributed by atoms with E-state index in [9.17, 15) is 18.0 Å². The number of sulfonamides is 1. The molecule has 1 heterocycles. The molecule has 158 valence electrons. The van der Waals surface area contributed by atoms with Crippen LogP contribution in [0.3, 0.4) is 0 Å². The number of amides is 2. The lowest BCUT2D eigenvalue weighted by Crippen LogP contribution is -2.41. The Hall–Kier alpha value is -2.85. The van der Waals surface area contributed by atoms with Gasteiger partial charge in [-0.05, 0) is 37.3 Å². The molecule has 0 aliphatic heterocycles. The van der Waals surface area contributed by atoms with Crippen molar-refractivity contribution in [2.75, 3.05) is 25.5 Å². The Morgan fingerprint density at radius 3 is 2.45 bits per heavy atom. The van der Waals surface area contributed by atoms with Gasteiger partial charge in [0.1, 0.15) is 11.8 Å². The Morgan fingerprint density at radius 1 is 1.21 bits per heavy atom. The van der Waals surface area contributed by atoms with Crippen molar-refractivity contribution in [3.05, 3.63) is 42.4 Å². The third kappa shape index (κ3) is 5.15. The number of anilines is 1. The van der Waals surface area contributed by atoms with Crippen LogP contribution in [0.4, 0.5) is 5.69 Å². The van der Waals surface area contributed by atoms with Gasteiger partial charge in [-0.25, -0.2) is 8.42 Å². The van der Waals surface area contributed by atoms with Crippen LogP contribution in [-0.2, 0) is 14.8 Å². The number of carbonyl (C=O) groups excluding carboxylic acids is 2. The first-order chi connectivity index (χ1) is 13.7. The fourth-order valence-corrected chi connectivity index (χ4v) is 4.12. The summed E-state index contributed by atoms with van der Waals surface area (Å²) in [6.45, 7) is 5.64. The van der Waals surface area contributed by atoms with Crippen molar-refractivity contribution in [1.82, 2.24) is 9.62 Å². The van der Waals surface area contributed by atoms with Gasteiger partial charge in [-0.15, -0.1) is 0 Å². The Kier molecular flexibility index (Phi) is 7.40. The molecule has 0 saturated heterocycles. The lowest BCUT2D eigenvalue weighted by molar-refractivity contribution is -0.117. The molecule has 10 heteroatoms. The van der Waals surface area contributed by atoms with Crippen LogP contribution in [0.2, 0.25) is 0 Å². The zero-order valence-electron chi connectivity index (χ0n) is 16.8. The van der Waals surface area contributed by atoms with E-state index < -0.39 is 27.9 Å². The number of furan rings is 1. The van der Waals surface area contributed by atoms with Gasteiger partial charge >= 0.3 is 0 Å². The van der Waals surface area contributed by atoms with Crippen LogP contribution in [0.15, 0.2) is 45.9 Å². The van der Waals surface area contributed by atoms with Crippen molar-refractivity contribution in [2.45, 2.75) is 31.7 Å². The Labute approximate surface area is 170 Å². The number of nitrogens with zero attached hydrogens (tertiary/aromatic N) is 1. The largest absolute Gasteiger partial charge is 0.495 e. The monoisotopic (exact) mass is 423 g/mol. The van der Waals surface area contributed by atoms with Gasteiger partial charge in [-0.1, -0.05) is 13.8 Å². The number of hydrogen-bond acceptors (Lipinski definition) is 6. The summed E-state index contributed by atoms with van der Waals surface area (Å²) in [7, 11) is -2.30. The van der Waals surface area contributed by atoms with Crippen molar-refractivity contribution < 1.29 is 27.2 Å². The summed E-state index contributed by atoms with van der Waals surface area (Å²) in [6.07, 6.45) is 1.35. The summed E-state index contributed by atoms with van der Waals surface area (Å²) in [5.74, 6) is -0.709. The molecule has 0 spiro atoms. The van der Waals surface area contributed by atoms with Gasteiger partial charge in [0.25, 0.3) is 5.91 Å². The quantitative estimate of drug-likeness (QED) is 0.638. The van der Waals surface area contributed by atoms with E-state index in [2.05, 4.69) is 10.6 Å². The molecule has 0 saturated carbocycles. The zero-order valence-corrected chi connectivity index (χ0v) is 17.6. The maximum atomic E-state index is 12.7. The van der Waals surface area contributed by atoms with E-state index in [0.29, 0.717) is 18.8 Å². The molecule has 2 amide bonds. The molecule has 1 aromatic carbocycles. The number of carbonyl (C=O) groups is 2. The van der Waals surface area contributed by atoms with E-state index >= 15 is 0 Å². The second-order valence-corrected chi connectivity index (χ2v) is 8.05. The van der Waals surface area contributed by atoms with Crippen molar-refractivity contribution in [2.24, 2.45) is 0 Å². The molecular weight excluding hydrogens is 398 g/mol. The first kappa shape index (κ1) is 22.4. The van der Waals surface area contributed by atoms with Gasteiger partial charge in [0.2, 0.25) is 15.9 Å². The highest BCUT2D eigenvalue weighted by Crippen LogP contribution is 2.29. The summed E-state index contributed by atoms with van der Waals surface area (Å²) in [4.78, 5) is 24.6. The van der Waals surface area contributed by atoms with E-state index in [1.54, 1.807) is 19.9 Å². The molecule has 0 fully saturated rings. The molecule has 0 bridgehead atoms. The number of rotatable bonds is 9. The molecule has 2 aromatic rings. The van der Waals surface area contributed by atoms with E-state index in [4.69, 9.17) is 9.15 Å². The molecule has 0 aliphatic carbocycles. The van der Waals surface area contributed by atoms with E-state index in [-0.39, 0.29) is 16.3 Å². The SMILES string of the molecule is CCN(CC)S(=O)(=O)c1ccc(OC)c(NC(=O)C(C)NC(=O)c2ccco2)c1. The molecule has 0 radical (unpaired) electrons. The first-order valence-electron chi connectivity index (χ1n) is 9.08. The molecule has 1 atom stereocenters. The Morgan fingerprint density at radius 2 is 1.90 bits per heavy atom. The minimum Gasteiger partial charge on any atom is -0.495 e. The van der Waals surface area contributed by atoms with Gasteiger partial charge < -0.3 is 19.8 Å². The highest BCUT2D eigenvalue weighted by atomic mass is 32.2. The predicted molar refractivity (Wildman–Crippen MR) is 107 cm³/mol.